The van der Waals surface area contributed by atoms with Crippen molar-refractivity contribution in [3.8, 4) is 17.2 Å². The Bertz CT molecular complexity index is 1910. The van der Waals surface area contributed by atoms with Gasteiger partial charge in [0.25, 0.3) is 0 Å². The number of nitrogens with two attached hydrogens (primary N) is 1. The molecule has 6 rings (SSSR count). The number of benzene rings is 4. The molecule has 2 aromatic heterocycles. The van der Waals surface area contributed by atoms with Crippen LogP contribution >= 0.6 is 23.5 Å². The highest BCUT2D eigenvalue weighted by molar-refractivity contribution is 8.00. The molecule has 226 valence electrons. The molecule has 2 heterocycles. The molecule has 44 heavy (non-hydrogen) atoms. The molecule has 6 nitrogen and oxygen atoms in total. The highest BCUT2D eigenvalue weighted by atomic mass is 32.2. The predicted octanol–water partition coefficient (Wildman–Crippen LogP) is 8.79. The summed E-state index contributed by atoms with van der Waals surface area (Å²) in [4.78, 5) is 11.6. The molecule has 0 aliphatic heterocycles. The fourth-order valence-electron chi connectivity index (χ4n) is 5.70. The maximum atomic E-state index is 6.80. The largest absolute Gasteiger partial charge is 0.496 e. The molecule has 0 saturated carbocycles. The van der Waals surface area contributed by atoms with Crippen molar-refractivity contribution < 1.29 is 14.2 Å². The molecular formula is C36H37N3O3S2. The van der Waals surface area contributed by atoms with Crippen molar-refractivity contribution in [2.75, 3.05) is 21.3 Å². The summed E-state index contributed by atoms with van der Waals surface area (Å²) in [5.74, 6) is 2.33. The second-order valence-corrected chi connectivity index (χ2v) is 13.0. The Morgan fingerprint density at radius 2 is 1.30 bits per heavy atom. The van der Waals surface area contributed by atoms with Crippen molar-refractivity contribution in [2.45, 2.75) is 51.8 Å². The van der Waals surface area contributed by atoms with Gasteiger partial charge in [-0.15, -0.1) is 0 Å². The van der Waals surface area contributed by atoms with Gasteiger partial charge in [0.1, 0.15) is 5.75 Å². The monoisotopic (exact) mass is 623 g/mol. The number of aryl methyl sites for hydroxylation is 2. The zero-order valence-corrected chi connectivity index (χ0v) is 27.0. The Labute approximate surface area is 266 Å². The third kappa shape index (κ3) is 6.15. The van der Waals surface area contributed by atoms with E-state index in [0.29, 0.717) is 5.75 Å². The Morgan fingerprint density at radius 3 is 2.05 bits per heavy atom. The maximum absolute atomic E-state index is 6.80. The number of fused-ring (bicyclic) bond motifs is 2. The Morgan fingerprint density at radius 1 is 0.682 bits per heavy atom. The number of nitrogens with one attached hydrogen (secondary N) is 2. The highest BCUT2D eigenvalue weighted by Crippen LogP contribution is 2.41. The molecule has 1 unspecified atom stereocenters. The number of hydrogen-bond acceptors (Lipinski definition) is 6. The van der Waals surface area contributed by atoms with Crippen molar-refractivity contribution in [3.05, 3.63) is 102 Å². The Kier molecular flexibility index (Phi) is 9.12. The normalized spacial score (nSPS) is 12.1. The van der Waals surface area contributed by atoms with Gasteiger partial charge in [-0.1, -0.05) is 59.9 Å². The van der Waals surface area contributed by atoms with E-state index in [1.165, 1.54) is 31.2 Å². The summed E-state index contributed by atoms with van der Waals surface area (Å²) >= 11 is 3.55. The van der Waals surface area contributed by atoms with E-state index in [1.807, 2.05) is 24.4 Å². The fourth-order valence-corrected chi connectivity index (χ4v) is 7.93. The molecule has 4 aromatic carbocycles. The van der Waals surface area contributed by atoms with E-state index in [0.717, 1.165) is 57.6 Å². The van der Waals surface area contributed by atoms with Crippen LogP contribution in [0.3, 0.4) is 0 Å². The van der Waals surface area contributed by atoms with Crippen LogP contribution in [0.2, 0.25) is 0 Å². The van der Waals surface area contributed by atoms with Crippen LogP contribution < -0.4 is 19.9 Å². The van der Waals surface area contributed by atoms with Crippen LogP contribution in [0.15, 0.2) is 105 Å². The second-order valence-electron chi connectivity index (χ2n) is 10.8. The standard InChI is InChI=1S/C36H37N3O3S2/c1-22-29(40-2)16-15-27-36(22)35(21-38-27)44-32-11-7-5-9-23(32)13-14-25(37)17-24-10-6-8-12-33(24)43-34-20-39-28-19-31(42-4)30(41-3)18-26(28)34/h5-12,15-16,18-21,25,38-39H,13-14,17,37H2,1-4H3. The summed E-state index contributed by atoms with van der Waals surface area (Å²) < 4.78 is 16.6. The minimum absolute atomic E-state index is 0.0294. The van der Waals surface area contributed by atoms with Gasteiger partial charge in [0.2, 0.25) is 0 Å². The topological polar surface area (TPSA) is 85.3 Å². The Balaban J connectivity index is 1.16. The average molecular weight is 624 g/mol. The van der Waals surface area contributed by atoms with Crippen LogP contribution in [0, 0.1) is 6.92 Å². The van der Waals surface area contributed by atoms with E-state index in [-0.39, 0.29) is 6.04 Å². The first-order valence-corrected chi connectivity index (χ1v) is 16.3. The number of ether oxygens (including phenoxy) is 3. The molecule has 0 saturated heterocycles. The second kappa shape index (κ2) is 13.3. The van der Waals surface area contributed by atoms with Crippen LogP contribution in [-0.4, -0.2) is 37.3 Å². The third-order valence-corrected chi connectivity index (χ3v) is 10.4. The first kappa shape index (κ1) is 30.1. The van der Waals surface area contributed by atoms with Gasteiger partial charge >= 0.3 is 0 Å². The van der Waals surface area contributed by atoms with Gasteiger partial charge in [0.05, 0.1) is 26.8 Å². The van der Waals surface area contributed by atoms with Crippen molar-refractivity contribution in [1.82, 2.24) is 9.97 Å². The summed E-state index contributed by atoms with van der Waals surface area (Å²) in [5.41, 5.74) is 12.6. The van der Waals surface area contributed by atoms with Crippen LogP contribution in [-0.2, 0) is 12.8 Å². The Hall–Kier alpha value is -3.98. The fraction of sp³-hybridized carbons (Fsp3) is 0.222. The molecule has 0 amide bonds. The van der Waals surface area contributed by atoms with E-state index in [4.69, 9.17) is 19.9 Å². The van der Waals surface area contributed by atoms with E-state index < -0.39 is 0 Å². The average Bonchev–Trinajstić information content (AvgIpc) is 3.64. The van der Waals surface area contributed by atoms with Gasteiger partial charge in [-0.2, -0.15) is 0 Å². The molecular weight excluding hydrogens is 587 g/mol. The zero-order chi connectivity index (χ0) is 30.6. The van der Waals surface area contributed by atoms with Crippen LogP contribution in [0.5, 0.6) is 17.2 Å². The lowest BCUT2D eigenvalue weighted by Gasteiger charge is -2.16. The summed E-state index contributed by atoms with van der Waals surface area (Å²) in [6, 6.07) is 25.4. The minimum Gasteiger partial charge on any atom is -0.496 e. The number of methoxy groups -OCH3 is 3. The summed E-state index contributed by atoms with van der Waals surface area (Å²) in [5, 5.41) is 2.31. The van der Waals surface area contributed by atoms with Crippen molar-refractivity contribution in [2.24, 2.45) is 5.73 Å². The van der Waals surface area contributed by atoms with Crippen molar-refractivity contribution in [1.29, 1.82) is 0 Å². The van der Waals surface area contributed by atoms with E-state index in [2.05, 4.69) is 77.7 Å². The molecule has 0 radical (unpaired) electrons. The SMILES string of the molecule is COc1cc2[nH]cc(Sc3ccccc3CC(N)CCc3ccccc3Sc3c[nH]c4ccc(OC)c(C)c34)c2cc1OC. The number of H-pyrrole nitrogens is 2. The molecule has 0 spiro atoms. The van der Waals surface area contributed by atoms with Crippen LogP contribution in [0.25, 0.3) is 21.8 Å². The molecule has 0 fully saturated rings. The molecule has 4 N–H and O–H groups in total. The number of aromatic nitrogens is 2. The number of rotatable bonds is 12. The smallest absolute Gasteiger partial charge is 0.162 e. The van der Waals surface area contributed by atoms with Crippen LogP contribution in [0.1, 0.15) is 23.1 Å². The lowest BCUT2D eigenvalue weighted by molar-refractivity contribution is 0.356. The highest BCUT2D eigenvalue weighted by Gasteiger charge is 2.16. The van der Waals surface area contributed by atoms with Gasteiger partial charge in [-0.25, -0.2) is 0 Å². The number of aromatic amines is 2. The minimum atomic E-state index is 0.0294. The number of hydrogen-bond donors (Lipinski definition) is 3. The maximum Gasteiger partial charge on any atom is 0.162 e. The quantitative estimate of drug-likeness (QED) is 0.126. The van der Waals surface area contributed by atoms with Crippen molar-refractivity contribution >= 4 is 45.3 Å². The van der Waals surface area contributed by atoms with Gasteiger partial charge in [0.15, 0.2) is 11.5 Å². The summed E-state index contributed by atoms with van der Waals surface area (Å²) in [7, 11) is 5.04. The van der Waals surface area contributed by atoms with Gasteiger partial charge in [-0.3, -0.25) is 0 Å². The molecule has 8 heteroatoms. The summed E-state index contributed by atoms with van der Waals surface area (Å²) in [6.45, 7) is 2.12. The van der Waals surface area contributed by atoms with Gasteiger partial charge in [-0.05, 0) is 67.6 Å². The first-order chi connectivity index (χ1) is 21.5. The predicted molar refractivity (Wildman–Crippen MR) is 182 cm³/mol. The molecule has 0 bridgehead atoms. The van der Waals surface area contributed by atoms with E-state index in [1.54, 1.807) is 44.9 Å². The lowest BCUT2D eigenvalue weighted by atomic mass is 10.00. The van der Waals surface area contributed by atoms with Gasteiger partial charge in [0, 0.05) is 65.9 Å². The van der Waals surface area contributed by atoms with Gasteiger partial charge < -0.3 is 29.9 Å². The lowest BCUT2D eigenvalue weighted by Crippen LogP contribution is -2.23. The molecule has 0 aliphatic carbocycles. The van der Waals surface area contributed by atoms with Crippen molar-refractivity contribution in [3.63, 3.8) is 0 Å². The molecule has 6 aromatic rings. The first-order valence-electron chi connectivity index (χ1n) is 14.6. The summed E-state index contributed by atoms with van der Waals surface area (Å²) in [6.07, 6.45) is 6.75. The van der Waals surface area contributed by atoms with Crippen LogP contribution in [0.4, 0.5) is 0 Å². The molecule has 0 aliphatic rings. The zero-order valence-electron chi connectivity index (χ0n) is 25.4. The van der Waals surface area contributed by atoms with E-state index >= 15 is 0 Å². The third-order valence-electron chi connectivity index (χ3n) is 8.04. The van der Waals surface area contributed by atoms with E-state index in [9.17, 15) is 0 Å². The molecule has 1 atom stereocenters.